The Morgan fingerprint density at radius 2 is 2.09 bits per heavy atom. The van der Waals surface area contributed by atoms with Gasteiger partial charge in [0.1, 0.15) is 0 Å². The molecule has 2 aromatic rings. The number of likely N-dealkylation sites (N-methyl/N-ethyl adjacent to an activating group) is 1. The van der Waals surface area contributed by atoms with Crippen molar-refractivity contribution in [3.05, 3.63) is 41.0 Å². The van der Waals surface area contributed by atoms with Crippen molar-refractivity contribution in [3.8, 4) is 10.4 Å². The Balaban J connectivity index is 1.43. The average molecular weight is 329 g/mol. The summed E-state index contributed by atoms with van der Waals surface area (Å²) >= 11 is 1.71. The lowest BCUT2D eigenvalue weighted by Gasteiger charge is -2.33. The molecule has 2 aliphatic rings. The van der Waals surface area contributed by atoms with Crippen LogP contribution in [0.2, 0.25) is 0 Å². The number of hydrogen-bond acceptors (Lipinski definition) is 5. The highest BCUT2D eigenvalue weighted by atomic mass is 32.1. The third kappa shape index (κ3) is 3.06. The lowest BCUT2D eigenvalue weighted by molar-refractivity contribution is -0.0370. The van der Waals surface area contributed by atoms with E-state index in [0.717, 1.165) is 38.5 Å². The summed E-state index contributed by atoms with van der Waals surface area (Å²) in [6.45, 7) is 7.16. The summed E-state index contributed by atoms with van der Waals surface area (Å²) in [7, 11) is 2.22. The van der Waals surface area contributed by atoms with E-state index in [2.05, 4.69) is 53.0 Å². The van der Waals surface area contributed by atoms with Gasteiger partial charge < -0.3 is 4.74 Å². The summed E-state index contributed by atoms with van der Waals surface area (Å²) in [6.07, 6.45) is 0.382. The highest BCUT2D eigenvalue weighted by molar-refractivity contribution is 7.13. The Morgan fingerprint density at radius 3 is 2.78 bits per heavy atom. The number of aryl methyl sites for hydroxylation is 1. The fourth-order valence-corrected chi connectivity index (χ4v) is 4.47. The Labute approximate surface area is 141 Å². The largest absolute Gasteiger partial charge is 0.374 e. The molecule has 2 atom stereocenters. The molecule has 0 unspecified atom stereocenters. The Morgan fingerprint density at radius 1 is 1.26 bits per heavy atom. The van der Waals surface area contributed by atoms with Gasteiger partial charge in [0.15, 0.2) is 0 Å². The monoisotopic (exact) mass is 329 g/mol. The van der Waals surface area contributed by atoms with E-state index < -0.39 is 0 Å². The second kappa shape index (κ2) is 6.32. The van der Waals surface area contributed by atoms with Crippen LogP contribution in [0.4, 0.5) is 0 Å². The van der Waals surface area contributed by atoms with Crippen molar-refractivity contribution in [3.63, 3.8) is 0 Å². The summed E-state index contributed by atoms with van der Waals surface area (Å²) < 4.78 is 5.93. The van der Waals surface area contributed by atoms with Gasteiger partial charge >= 0.3 is 0 Å². The number of thiazole rings is 1. The first-order valence-electron chi connectivity index (χ1n) is 8.24. The minimum Gasteiger partial charge on any atom is -0.374 e. The molecule has 0 N–H and O–H groups in total. The van der Waals surface area contributed by atoms with E-state index in [1.807, 2.05) is 5.51 Å². The van der Waals surface area contributed by atoms with Gasteiger partial charge in [-0.1, -0.05) is 24.3 Å². The molecule has 122 valence electrons. The molecule has 0 bridgehead atoms. The van der Waals surface area contributed by atoms with E-state index in [1.165, 1.54) is 16.0 Å². The Hall–Kier alpha value is -1.27. The number of benzene rings is 1. The van der Waals surface area contributed by atoms with Crippen LogP contribution in [0.25, 0.3) is 10.4 Å². The molecule has 2 fully saturated rings. The molecule has 0 amide bonds. The molecule has 0 radical (unpaired) electrons. The van der Waals surface area contributed by atoms with E-state index in [-0.39, 0.29) is 0 Å². The third-order valence-electron chi connectivity index (χ3n) is 5.02. The first-order chi connectivity index (χ1) is 11.2. The SMILES string of the molecule is Cc1ncsc1-c1ccc(CN2C[C@H]3OCCN(C)[C@H]3C2)cc1. The molecule has 23 heavy (non-hydrogen) atoms. The zero-order chi connectivity index (χ0) is 15.8. The van der Waals surface area contributed by atoms with Crippen molar-refractivity contribution in [1.29, 1.82) is 0 Å². The lowest BCUT2D eigenvalue weighted by Crippen LogP contribution is -2.48. The standard InChI is InChI=1S/C18H23N3OS/c1-13-18(23-12-19-13)15-5-3-14(4-6-15)9-21-10-16-17(11-21)22-8-7-20(16)2/h3-6,12,16-17H,7-11H2,1-2H3/t16-,17+/m0/s1. The summed E-state index contributed by atoms with van der Waals surface area (Å²) in [4.78, 5) is 10.6. The van der Waals surface area contributed by atoms with Gasteiger partial charge in [-0.25, -0.2) is 4.98 Å². The molecule has 4 rings (SSSR count). The van der Waals surface area contributed by atoms with Crippen LogP contribution in [0.1, 0.15) is 11.3 Å². The van der Waals surface area contributed by atoms with E-state index in [1.54, 1.807) is 11.3 Å². The molecule has 2 saturated heterocycles. The molecule has 1 aromatic carbocycles. The minimum absolute atomic E-state index is 0.382. The summed E-state index contributed by atoms with van der Waals surface area (Å²) in [5.41, 5.74) is 5.68. The smallest absolute Gasteiger partial charge is 0.0869 e. The van der Waals surface area contributed by atoms with Crippen LogP contribution >= 0.6 is 11.3 Å². The summed E-state index contributed by atoms with van der Waals surface area (Å²) in [6, 6.07) is 9.51. The average Bonchev–Trinajstić information content (AvgIpc) is 3.15. The van der Waals surface area contributed by atoms with Gasteiger partial charge in [0.2, 0.25) is 0 Å². The second-order valence-electron chi connectivity index (χ2n) is 6.62. The number of fused-ring (bicyclic) bond motifs is 1. The second-order valence-corrected chi connectivity index (χ2v) is 7.47. The maximum atomic E-state index is 5.93. The van der Waals surface area contributed by atoms with Crippen molar-refractivity contribution >= 4 is 11.3 Å². The molecule has 4 nitrogen and oxygen atoms in total. The predicted octanol–water partition coefficient (Wildman–Crippen LogP) is 2.63. The topological polar surface area (TPSA) is 28.6 Å². The van der Waals surface area contributed by atoms with Crippen LogP contribution < -0.4 is 0 Å². The van der Waals surface area contributed by atoms with E-state index in [0.29, 0.717) is 12.1 Å². The number of ether oxygens (including phenoxy) is 1. The molecule has 0 aliphatic carbocycles. The summed E-state index contributed by atoms with van der Waals surface area (Å²) in [5, 5.41) is 0. The van der Waals surface area contributed by atoms with Crippen molar-refractivity contribution in [2.45, 2.75) is 25.6 Å². The highest BCUT2D eigenvalue weighted by Crippen LogP contribution is 2.28. The quantitative estimate of drug-likeness (QED) is 0.865. The fraction of sp³-hybridized carbons (Fsp3) is 0.500. The van der Waals surface area contributed by atoms with Crippen LogP contribution in [0.15, 0.2) is 29.8 Å². The van der Waals surface area contributed by atoms with Crippen molar-refractivity contribution in [2.75, 3.05) is 33.3 Å². The van der Waals surface area contributed by atoms with E-state index in [9.17, 15) is 0 Å². The minimum atomic E-state index is 0.382. The predicted molar refractivity (Wildman–Crippen MR) is 93.7 cm³/mol. The van der Waals surface area contributed by atoms with Crippen LogP contribution in [0.5, 0.6) is 0 Å². The van der Waals surface area contributed by atoms with Gasteiger partial charge in [-0.2, -0.15) is 0 Å². The fourth-order valence-electron chi connectivity index (χ4n) is 3.66. The molecule has 2 aliphatic heterocycles. The van der Waals surface area contributed by atoms with E-state index in [4.69, 9.17) is 4.74 Å². The number of hydrogen-bond donors (Lipinski definition) is 0. The molecule has 0 spiro atoms. The molecule has 5 heteroatoms. The van der Waals surface area contributed by atoms with Gasteiger partial charge in [0.05, 0.1) is 28.8 Å². The van der Waals surface area contributed by atoms with Crippen molar-refractivity contribution < 1.29 is 4.74 Å². The molecule has 0 saturated carbocycles. The normalized spacial score (nSPS) is 25.7. The molecular formula is C18H23N3OS. The molecule has 1 aromatic heterocycles. The third-order valence-corrected chi connectivity index (χ3v) is 6.00. The Bertz CT molecular complexity index is 669. The maximum Gasteiger partial charge on any atom is 0.0869 e. The molecule has 3 heterocycles. The van der Waals surface area contributed by atoms with Crippen LogP contribution in [0.3, 0.4) is 0 Å². The van der Waals surface area contributed by atoms with Gasteiger partial charge in [-0.15, -0.1) is 11.3 Å². The lowest BCUT2D eigenvalue weighted by atomic mass is 10.1. The van der Waals surface area contributed by atoms with Gasteiger partial charge in [-0.3, -0.25) is 9.80 Å². The number of morpholine rings is 1. The number of rotatable bonds is 3. The number of likely N-dealkylation sites (tertiary alicyclic amines) is 1. The van der Waals surface area contributed by atoms with Crippen molar-refractivity contribution in [2.24, 2.45) is 0 Å². The van der Waals surface area contributed by atoms with Gasteiger partial charge in [0, 0.05) is 32.2 Å². The number of nitrogens with zero attached hydrogens (tertiary/aromatic N) is 3. The summed E-state index contributed by atoms with van der Waals surface area (Å²) in [5.74, 6) is 0. The first kappa shape index (κ1) is 15.3. The van der Waals surface area contributed by atoms with E-state index >= 15 is 0 Å². The molecular weight excluding hydrogens is 306 g/mol. The van der Waals surface area contributed by atoms with Crippen LogP contribution in [0, 0.1) is 6.92 Å². The maximum absolute atomic E-state index is 5.93. The van der Waals surface area contributed by atoms with Crippen LogP contribution in [-0.4, -0.2) is 60.2 Å². The number of aromatic nitrogens is 1. The van der Waals surface area contributed by atoms with Crippen LogP contribution in [-0.2, 0) is 11.3 Å². The zero-order valence-electron chi connectivity index (χ0n) is 13.7. The Kier molecular flexibility index (Phi) is 4.20. The van der Waals surface area contributed by atoms with Gasteiger partial charge in [-0.05, 0) is 25.1 Å². The first-order valence-corrected chi connectivity index (χ1v) is 9.12. The highest BCUT2D eigenvalue weighted by Gasteiger charge is 2.38. The van der Waals surface area contributed by atoms with Gasteiger partial charge in [0.25, 0.3) is 0 Å². The zero-order valence-corrected chi connectivity index (χ0v) is 14.6. The van der Waals surface area contributed by atoms with Crippen molar-refractivity contribution in [1.82, 2.24) is 14.8 Å².